The molecule has 1 aliphatic rings. The van der Waals surface area contributed by atoms with Gasteiger partial charge in [-0.2, -0.15) is 0 Å². The summed E-state index contributed by atoms with van der Waals surface area (Å²) >= 11 is 0. The van der Waals surface area contributed by atoms with Gasteiger partial charge in [0.25, 0.3) is 0 Å². The lowest BCUT2D eigenvalue weighted by Crippen LogP contribution is -2.49. The predicted molar refractivity (Wildman–Crippen MR) is 110 cm³/mol. The Morgan fingerprint density at radius 3 is 2.12 bits per heavy atom. The lowest BCUT2D eigenvalue weighted by Gasteiger charge is -2.48. The summed E-state index contributed by atoms with van der Waals surface area (Å²) < 4.78 is 0. The summed E-state index contributed by atoms with van der Waals surface area (Å²) in [5.74, 6) is 0. The lowest BCUT2D eigenvalue weighted by atomic mass is 9.59. The molecule has 0 bridgehead atoms. The van der Waals surface area contributed by atoms with Crippen LogP contribution in [0.3, 0.4) is 0 Å². The molecule has 26 heavy (non-hydrogen) atoms. The molecule has 6 N–H and O–H groups in total. The standard InChI is InChI=1S/C21H43N3O2/c1-15(25)10-24(11-16(2)26)14-20(5,6)8-17-18(23)9-19(3,4)12-21(17,7)13-22/h8,15-16,18,25-26H,9-14,22-23H2,1-7H3. The van der Waals surface area contributed by atoms with Crippen LogP contribution in [0.15, 0.2) is 11.6 Å². The second kappa shape index (κ2) is 8.70. The van der Waals surface area contributed by atoms with Crippen LogP contribution in [0.1, 0.15) is 61.3 Å². The van der Waals surface area contributed by atoms with E-state index in [9.17, 15) is 10.2 Å². The first-order valence-electron chi connectivity index (χ1n) is 9.97. The molecular formula is C21H43N3O2. The first-order chi connectivity index (χ1) is 11.7. The van der Waals surface area contributed by atoms with E-state index in [1.807, 2.05) is 0 Å². The Morgan fingerprint density at radius 2 is 1.69 bits per heavy atom. The van der Waals surface area contributed by atoms with Gasteiger partial charge in [-0.25, -0.2) is 0 Å². The molecule has 1 rings (SSSR count). The van der Waals surface area contributed by atoms with Gasteiger partial charge in [0, 0.05) is 37.6 Å². The molecule has 0 aromatic rings. The molecule has 1 aliphatic carbocycles. The summed E-state index contributed by atoms with van der Waals surface area (Å²) in [7, 11) is 0. The van der Waals surface area contributed by atoms with Gasteiger partial charge in [0.2, 0.25) is 0 Å². The second-order valence-corrected chi connectivity index (χ2v) is 10.4. The van der Waals surface area contributed by atoms with Crippen LogP contribution in [-0.2, 0) is 0 Å². The van der Waals surface area contributed by atoms with Crippen LogP contribution < -0.4 is 11.5 Å². The van der Waals surface area contributed by atoms with Crippen molar-refractivity contribution in [3.8, 4) is 0 Å². The van der Waals surface area contributed by atoms with E-state index >= 15 is 0 Å². The maximum absolute atomic E-state index is 9.80. The zero-order chi connectivity index (χ0) is 20.3. The van der Waals surface area contributed by atoms with Crippen molar-refractivity contribution in [2.75, 3.05) is 26.2 Å². The molecular weight excluding hydrogens is 326 g/mol. The van der Waals surface area contributed by atoms with Crippen molar-refractivity contribution in [3.63, 3.8) is 0 Å². The second-order valence-electron chi connectivity index (χ2n) is 10.4. The minimum atomic E-state index is -0.427. The Kier molecular flexibility index (Phi) is 7.89. The zero-order valence-electron chi connectivity index (χ0n) is 18.0. The molecule has 154 valence electrons. The van der Waals surface area contributed by atoms with Crippen LogP contribution in [-0.4, -0.2) is 59.5 Å². The molecule has 0 aromatic heterocycles. The van der Waals surface area contributed by atoms with Crippen LogP contribution in [0, 0.1) is 16.2 Å². The summed E-state index contributed by atoms with van der Waals surface area (Å²) in [4.78, 5) is 2.13. The van der Waals surface area contributed by atoms with E-state index in [1.54, 1.807) is 13.8 Å². The fourth-order valence-electron chi connectivity index (χ4n) is 4.85. The average Bonchev–Trinajstić information content (AvgIpc) is 2.40. The van der Waals surface area contributed by atoms with E-state index in [4.69, 9.17) is 11.5 Å². The van der Waals surface area contributed by atoms with E-state index in [0.29, 0.717) is 19.6 Å². The summed E-state index contributed by atoms with van der Waals surface area (Å²) in [5, 5.41) is 19.6. The smallest absolute Gasteiger partial charge is 0.0639 e. The van der Waals surface area contributed by atoms with Gasteiger partial charge in [0.1, 0.15) is 0 Å². The molecule has 0 radical (unpaired) electrons. The molecule has 4 atom stereocenters. The number of aliphatic hydroxyl groups is 2. The van der Waals surface area contributed by atoms with Gasteiger partial charge in [0.15, 0.2) is 0 Å². The van der Waals surface area contributed by atoms with E-state index in [-0.39, 0.29) is 22.3 Å². The van der Waals surface area contributed by atoms with Crippen LogP contribution in [0.25, 0.3) is 0 Å². The van der Waals surface area contributed by atoms with Crippen LogP contribution in [0.5, 0.6) is 0 Å². The Balaban J connectivity index is 3.08. The third-order valence-corrected chi connectivity index (χ3v) is 5.41. The molecule has 1 fully saturated rings. The van der Waals surface area contributed by atoms with Gasteiger partial charge in [-0.1, -0.05) is 40.7 Å². The molecule has 0 saturated heterocycles. The highest BCUT2D eigenvalue weighted by atomic mass is 16.3. The number of rotatable bonds is 8. The van der Waals surface area contributed by atoms with Crippen molar-refractivity contribution in [1.82, 2.24) is 4.90 Å². The van der Waals surface area contributed by atoms with E-state index in [2.05, 4.69) is 45.6 Å². The molecule has 5 nitrogen and oxygen atoms in total. The van der Waals surface area contributed by atoms with Gasteiger partial charge < -0.3 is 21.7 Å². The third kappa shape index (κ3) is 6.93. The molecule has 0 heterocycles. The highest BCUT2D eigenvalue weighted by Gasteiger charge is 2.43. The summed E-state index contributed by atoms with van der Waals surface area (Å²) in [6, 6.07) is 0.0218. The van der Waals surface area contributed by atoms with Crippen molar-refractivity contribution in [2.45, 2.75) is 79.6 Å². The SMILES string of the molecule is CC(O)CN(CC(C)O)CC(C)(C)C=C1C(N)CC(C)(C)CC1(C)CN. The van der Waals surface area contributed by atoms with Gasteiger partial charge in [-0.3, -0.25) is 4.90 Å². The first kappa shape index (κ1) is 23.6. The summed E-state index contributed by atoms with van der Waals surface area (Å²) in [6.45, 7) is 17.2. The van der Waals surface area contributed by atoms with Crippen LogP contribution in [0.2, 0.25) is 0 Å². The molecule has 0 aliphatic heterocycles. The van der Waals surface area contributed by atoms with E-state index in [0.717, 1.165) is 19.4 Å². The molecule has 0 aromatic carbocycles. The Morgan fingerprint density at radius 1 is 1.19 bits per heavy atom. The average molecular weight is 370 g/mol. The Hall–Kier alpha value is -0.460. The van der Waals surface area contributed by atoms with Crippen molar-refractivity contribution >= 4 is 0 Å². The molecule has 5 heteroatoms. The van der Waals surface area contributed by atoms with E-state index in [1.165, 1.54) is 5.57 Å². The third-order valence-electron chi connectivity index (χ3n) is 5.41. The van der Waals surface area contributed by atoms with Gasteiger partial charge >= 0.3 is 0 Å². The summed E-state index contributed by atoms with van der Waals surface area (Å²) in [6.07, 6.45) is 3.47. The molecule has 1 saturated carbocycles. The monoisotopic (exact) mass is 369 g/mol. The fraction of sp³-hybridized carbons (Fsp3) is 0.905. The number of aliphatic hydroxyl groups excluding tert-OH is 2. The highest BCUT2D eigenvalue weighted by Crippen LogP contribution is 2.49. The molecule has 0 amide bonds. The molecule has 4 unspecified atom stereocenters. The largest absolute Gasteiger partial charge is 0.392 e. The van der Waals surface area contributed by atoms with Crippen LogP contribution >= 0.6 is 0 Å². The normalized spacial score (nSPS) is 30.6. The minimum absolute atomic E-state index is 0.0218. The van der Waals surface area contributed by atoms with Crippen LogP contribution in [0.4, 0.5) is 0 Å². The van der Waals surface area contributed by atoms with Gasteiger partial charge in [-0.05, 0) is 43.1 Å². The number of nitrogens with two attached hydrogens (primary N) is 2. The number of hydrogen-bond donors (Lipinski definition) is 4. The predicted octanol–water partition coefficient (Wildman–Crippen LogP) is 2.11. The zero-order valence-corrected chi connectivity index (χ0v) is 18.0. The number of hydrogen-bond acceptors (Lipinski definition) is 5. The minimum Gasteiger partial charge on any atom is -0.392 e. The Labute approximate surface area is 160 Å². The lowest BCUT2D eigenvalue weighted by molar-refractivity contribution is 0.0675. The maximum Gasteiger partial charge on any atom is 0.0639 e. The molecule has 0 spiro atoms. The topological polar surface area (TPSA) is 95.7 Å². The Bertz CT molecular complexity index is 476. The van der Waals surface area contributed by atoms with Gasteiger partial charge in [0.05, 0.1) is 12.2 Å². The number of nitrogens with zero attached hydrogens (tertiary/aromatic N) is 1. The van der Waals surface area contributed by atoms with Crippen molar-refractivity contribution < 1.29 is 10.2 Å². The van der Waals surface area contributed by atoms with Crippen molar-refractivity contribution in [1.29, 1.82) is 0 Å². The van der Waals surface area contributed by atoms with Crippen molar-refractivity contribution in [2.24, 2.45) is 27.7 Å². The maximum atomic E-state index is 9.80. The van der Waals surface area contributed by atoms with E-state index < -0.39 is 12.2 Å². The summed E-state index contributed by atoms with van der Waals surface area (Å²) in [5.41, 5.74) is 14.0. The van der Waals surface area contributed by atoms with Crippen molar-refractivity contribution in [3.05, 3.63) is 11.6 Å². The highest BCUT2D eigenvalue weighted by molar-refractivity contribution is 5.27. The van der Waals surface area contributed by atoms with Gasteiger partial charge in [-0.15, -0.1) is 0 Å². The first-order valence-corrected chi connectivity index (χ1v) is 9.97. The fourth-order valence-corrected chi connectivity index (χ4v) is 4.85. The quantitative estimate of drug-likeness (QED) is 0.492.